The lowest BCUT2D eigenvalue weighted by Crippen LogP contribution is -2.67. The molecule has 352 valence electrons. The Morgan fingerprint density at radius 1 is 0.726 bits per heavy atom. The van der Waals surface area contributed by atoms with Crippen LogP contribution in [0.15, 0.2) is 23.8 Å². The van der Waals surface area contributed by atoms with Crippen LogP contribution in [0.3, 0.4) is 0 Å². The fraction of sp³-hybridized carbons (Fsp3) is 0.911. The third kappa shape index (κ3) is 7.41. The van der Waals surface area contributed by atoms with Crippen LogP contribution in [0, 0.1) is 40.4 Å². The second-order valence-corrected chi connectivity index (χ2v) is 20.7. The Kier molecular flexibility index (Phi) is 12.7. The van der Waals surface area contributed by atoms with Crippen molar-refractivity contribution in [3.63, 3.8) is 0 Å². The normalized spacial score (nSPS) is 56.5. The van der Waals surface area contributed by atoms with Crippen molar-refractivity contribution in [1.82, 2.24) is 0 Å². The van der Waals surface area contributed by atoms with Gasteiger partial charge in [-0.25, -0.2) is 0 Å². The Hall–Kier alpha value is -1.20. The second kappa shape index (κ2) is 17.1. The first-order valence-electron chi connectivity index (χ1n) is 23.0. The van der Waals surface area contributed by atoms with E-state index in [4.69, 9.17) is 37.9 Å². The molecule has 0 aromatic heterocycles. The number of hydrogen-bond donors (Lipinski definition) is 9. The highest BCUT2D eigenvalue weighted by atomic mass is 16.8. The van der Waals surface area contributed by atoms with Crippen LogP contribution in [0.25, 0.3) is 0 Å². The van der Waals surface area contributed by atoms with Gasteiger partial charge in [0.05, 0.1) is 38.1 Å². The van der Waals surface area contributed by atoms with E-state index in [1.165, 1.54) is 12.5 Å². The predicted molar refractivity (Wildman–Crippen MR) is 214 cm³/mol. The fourth-order valence-electron chi connectivity index (χ4n) is 13.9. The Bertz CT molecular complexity index is 1650. The lowest BCUT2D eigenvalue weighted by Gasteiger charge is -2.58. The molecule has 9 rings (SSSR count). The molecule has 0 aromatic rings. The molecule has 5 aliphatic heterocycles. The lowest BCUT2D eigenvalue weighted by atomic mass is 9.47. The molecule has 4 aliphatic carbocycles. The van der Waals surface area contributed by atoms with Gasteiger partial charge in [0.15, 0.2) is 24.7 Å². The minimum Gasteiger partial charge on any atom is -0.394 e. The molecule has 0 bridgehead atoms. The number of aliphatic hydroxyl groups excluding tert-OH is 9. The summed E-state index contributed by atoms with van der Waals surface area (Å²) in [6.07, 6.45) is -12.5. The summed E-state index contributed by atoms with van der Waals surface area (Å²) in [5, 5.41) is 95.7. The van der Waals surface area contributed by atoms with Crippen LogP contribution in [-0.2, 0) is 37.9 Å². The summed E-state index contributed by atoms with van der Waals surface area (Å²) in [5.41, 5.74) is 2.58. The van der Waals surface area contributed by atoms with Gasteiger partial charge in [-0.15, -0.1) is 0 Å². The monoisotopic (exact) mass is 882 g/mol. The zero-order chi connectivity index (χ0) is 44.2. The van der Waals surface area contributed by atoms with Gasteiger partial charge in [-0.2, -0.15) is 0 Å². The first-order chi connectivity index (χ1) is 29.4. The first kappa shape index (κ1) is 45.9. The van der Waals surface area contributed by atoms with E-state index in [1.54, 1.807) is 0 Å². The van der Waals surface area contributed by atoms with Crippen molar-refractivity contribution < 1.29 is 83.9 Å². The molecule has 17 nitrogen and oxygen atoms in total. The van der Waals surface area contributed by atoms with Crippen molar-refractivity contribution in [1.29, 1.82) is 0 Å². The zero-order valence-electron chi connectivity index (χ0n) is 36.3. The summed E-state index contributed by atoms with van der Waals surface area (Å²) < 4.78 is 49.8. The first-order valence-corrected chi connectivity index (χ1v) is 23.0. The van der Waals surface area contributed by atoms with Gasteiger partial charge in [-0.05, 0) is 92.8 Å². The van der Waals surface area contributed by atoms with Crippen LogP contribution in [0.2, 0.25) is 0 Å². The molecule has 0 amide bonds. The van der Waals surface area contributed by atoms with Crippen LogP contribution >= 0.6 is 0 Å². The van der Waals surface area contributed by atoms with Crippen LogP contribution in [-0.4, -0.2) is 176 Å². The Labute approximate surface area is 362 Å². The molecule has 8 fully saturated rings. The second-order valence-electron chi connectivity index (χ2n) is 20.7. The topological polar surface area (TPSA) is 256 Å². The fourth-order valence-corrected chi connectivity index (χ4v) is 13.9. The molecule has 3 saturated carbocycles. The van der Waals surface area contributed by atoms with Crippen LogP contribution < -0.4 is 0 Å². The van der Waals surface area contributed by atoms with Crippen molar-refractivity contribution in [2.45, 2.75) is 196 Å². The van der Waals surface area contributed by atoms with Gasteiger partial charge >= 0.3 is 0 Å². The summed E-state index contributed by atoms with van der Waals surface area (Å²) >= 11 is 0. The Morgan fingerprint density at radius 2 is 1.40 bits per heavy atom. The highest BCUT2D eigenvalue weighted by Gasteiger charge is 2.69. The minimum atomic E-state index is -1.82. The minimum absolute atomic E-state index is 0.0453. The maximum atomic E-state index is 12.0. The molecule has 0 aromatic carbocycles. The molecule has 5 heterocycles. The standard InChI is InChI=1S/C45H70O17/c1-19-8-13-45(55-18-19)20(2)30-27(62-45)15-26-24-7-6-22-14-23(9-11-43(22,4)25(24)10-12-44(26,30)5)57-42-39(61-40-35(52)33(50)31(48)21(3)56-40)37(54)38(29(17-47)59-42)60-41-36(53)34(51)32(49)28(16-46)58-41/h6,20-21,23-42,46-54H,1,7-18H2,2-5H3/t20?,21-,23-,24?,25?,26?,27?,28+,29+,30?,31-,32+,33+,34-,35+,36+,37-,38+,39+,40-,41-,42+,43-,44?,45?/m0/s1. The molecule has 25 atom stereocenters. The van der Waals surface area contributed by atoms with E-state index in [0.29, 0.717) is 49.0 Å². The van der Waals surface area contributed by atoms with E-state index in [2.05, 4.69) is 33.4 Å². The van der Waals surface area contributed by atoms with Gasteiger partial charge in [0, 0.05) is 12.3 Å². The number of fused-ring (bicyclic) bond motifs is 7. The molecular weight excluding hydrogens is 812 g/mol. The smallest absolute Gasteiger partial charge is 0.187 e. The molecule has 0 radical (unpaired) electrons. The number of hydrogen-bond acceptors (Lipinski definition) is 17. The van der Waals surface area contributed by atoms with Gasteiger partial charge in [0.2, 0.25) is 0 Å². The molecule has 17 heteroatoms. The number of allylic oxidation sites excluding steroid dienone is 1. The number of rotatable bonds is 8. The zero-order valence-corrected chi connectivity index (χ0v) is 36.3. The lowest BCUT2D eigenvalue weighted by molar-refractivity contribution is -0.389. The number of aliphatic hydroxyl groups is 9. The van der Waals surface area contributed by atoms with Gasteiger partial charge in [-0.1, -0.05) is 44.6 Å². The van der Waals surface area contributed by atoms with Crippen molar-refractivity contribution in [3.8, 4) is 0 Å². The van der Waals surface area contributed by atoms with E-state index in [1.807, 2.05) is 0 Å². The average Bonchev–Trinajstić information content (AvgIpc) is 3.70. The molecule has 5 saturated heterocycles. The van der Waals surface area contributed by atoms with Gasteiger partial charge in [0.1, 0.15) is 67.1 Å². The predicted octanol–water partition coefficient (Wildman–Crippen LogP) is 0.134. The van der Waals surface area contributed by atoms with Crippen LogP contribution in [0.5, 0.6) is 0 Å². The average molecular weight is 883 g/mol. The van der Waals surface area contributed by atoms with E-state index < -0.39 is 117 Å². The maximum Gasteiger partial charge on any atom is 0.187 e. The highest BCUT2D eigenvalue weighted by Crippen LogP contribution is 2.70. The Balaban J connectivity index is 0.918. The van der Waals surface area contributed by atoms with Crippen molar-refractivity contribution in [2.24, 2.45) is 40.4 Å². The third-order valence-corrected chi connectivity index (χ3v) is 17.4. The molecule has 62 heavy (non-hydrogen) atoms. The quantitative estimate of drug-likeness (QED) is 0.147. The van der Waals surface area contributed by atoms with Gasteiger partial charge in [0.25, 0.3) is 0 Å². The van der Waals surface area contributed by atoms with E-state index in [-0.39, 0.29) is 16.9 Å². The summed E-state index contributed by atoms with van der Waals surface area (Å²) in [7, 11) is 0. The SMILES string of the molecule is C=C1CCC2(OC1)OC1CC3C4CC=C5C[C@@H](O[C@@H]6O[C@H](CO)[C@@H](O[C@@H]7O[C@H](CO)[C@@H](O)[C@H](O)[C@H]7O)[C@H](O)[C@H]6O[C@@H]6O[C@@H](C)[C@H](O)[C@@H](O)[C@H]6O)CC[C@]5(C)C4CCC3(C)C1C2C. The summed E-state index contributed by atoms with van der Waals surface area (Å²) in [6, 6.07) is 0. The van der Waals surface area contributed by atoms with Gasteiger partial charge < -0.3 is 83.9 Å². The van der Waals surface area contributed by atoms with E-state index in [0.717, 1.165) is 50.5 Å². The molecular formula is C45H70O17. The van der Waals surface area contributed by atoms with E-state index >= 15 is 0 Å². The summed E-state index contributed by atoms with van der Waals surface area (Å²) in [4.78, 5) is 0. The molecule has 1 spiro atoms. The summed E-state index contributed by atoms with van der Waals surface area (Å²) in [6.45, 7) is 12.1. The van der Waals surface area contributed by atoms with Gasteiger partial charge in [-0.3, -0.25) is 0 Å². The highest BCUT2D eigenvalue weighted by molar-refractivity contribution is 5.26. The third-order valence-electron chi connectivity index (χ3n) is 17.4. The molecule has 8 unspecified atom stereocenters. The van der Waals surface area contributed by atoms with E-state index in [9.17, 15) is 46.0 Å². The largest absolute Gasteiger partial charge is 0.394 e. The van der Waals surface area contributed by atoms with Crippen LogP contribution in [0.4, 0.5) is 0 Å². The maximum absolute atomic E-state index is 12.0. The summed E-state index contributed by atoms with van der Waals surface area (Å²) in [5.74, 6) is 1.82. The van der Waals surface area contributed by atoms with Crippen molar-refractivity contribution in [3.05, 3.63) is 23.8 Å². The van der Waals surface area contributed by atoms with Crippen LogP contribution in [0.1, 0.15) is 85.5 Å². The number of ether oxygens (including phenoxy) is 8. The molecule has 9 aliphatic rings. The van der Waals surface area contributed by atoms with Crippen molar-refractivity contribution in [2.75, 3.05) is 19.8 Å². The Morgan fingerprint density at radius 3 is 2.10 bits per heavy atom. The molecule has 9 N–H and O–H groups in total. The van der Waals surface area contributed by atoms with Crippen molar-refractivity contribution >= 4 is 0 Å².